The van der Waals surface area contributed by atoms with Crippen molar-refractivity contribution in [1.29, 1.82) is 0 Å². The quantitative estimate of drug-likeness (QED) is 0.485. The molecule has 0 saturated heterocycles. The lowest BCUT2D eigenvalue weighted by Gasteiger charge is -2.03. The Hall–Kier alpha value is -2.09. The summed E-state index contributed by atoms with van der Waals surface area (Å²) in [6.45, 7) is 1.32. The number of nitro groups is 1. The number of nitrogens with zero attached hydrogens (tertiary/aromatic N) is 3. The van der Waals surface area contributed by atoms with Crippen LogP contribution in [0.25, 0.3) is 5.69 Å². The topological polar surface area (TPSA) is 61.0 Å². The molecule has 0 aliphatic carbocycles. The summed E-state index contributed by atoms with van der Waals surface area (Å²) in [5, 5.41) is 14.0. The Morgan fingerprint density at radius 3 is 2.26 bits per heavy atom. The van der Waals surface area contributed by atoms with Crippen LogP contribution in [0.5, 0.6) is 0 Å². The van der Waals surface area contributed by atoms with Gasteiger partial charge in [0.2, 0.25) is 5.15 Å². The molecule has 1 aromatic heterocycles. The van der Waals surface area contributed by atoms with E-state index in [1.54, 1.807) is 0 Å². The highest BCUT2D eigenvalue weighted by Crippen LogP contribution is 2.30. The molecule has 19 heavy (non-hydrogen) atoms. The summed E-state index contributed by atoms with van der Waals surface area (Å²) in [6, 6.07) is 1.28. The number of hydrogen-bond donors (Lipinski definition) is 0. The Morgan fingerprint density at radius 2 is 1.84 bits per heavy atom. The van der Waals surface area contributed by atoms with Crippen molar-refractivity contribution in [1.82, 2.24) is 9.78 Å². The van der Waals surface area contributed by atoms with E-state index in [2.05, 4.69) is 5.10 Å². The molecule has 0 radical (unpaired) electrons. The first-order chi connectivity index (χ1) is 8.82. The molecule has 0 atom stereocenters. The van der Waals surface area contributed by atoms with Crippen molar-refractivity contribution in [2.75, 3.05) is 0 Å². The Labute approximate surface area is 109 Å². The number of halogens is 4. The average molecular weight is 292 g/mol. The molecule has 100 valence electrons. The average Bonchev–Trinajstić information content (AvgIpc) is 2.61. The van der Waals surface area contributed by atoms with Gasteiger partial charge in [0.1, 0.15) is 5.69 Å². The first kappa shape index (κ1) is 13.3. The molecule has 0 spiro atoms. The van der Waals surface area contributed by atoms with Crippen LogP contribution in [0.4, 0.5) is 18.9 Å². The molecule has 1 heterocycles. The first-order valence-corrected chi connectivity index (χ1v) is 5.25. The maximum atomic E-state index is 13.1. The van der Waals surface area contributed by atoms with Crippen LogP contribution in [-0.2, 0) is 0 Å². The van der Waals surface area contributed by atoms with Crippen molar-refractivity contribution >= 4 is 17.3 Å². The van der Waals surface area contributed by atoms with Gasteiger partial charge in [-0.15, -0.1) is 0 Å². The van der Waals surface area contributed by atoms with Gasteiger partial charge in [0.15, 0.2) is 17.5 Å². The van der Waals surface area contributed by atoms with Crippen LogP contribution in [0.1, 0.15) is 5.69 Å². The van der Waals surface area contributed by atoms with Gasteiger partial charge in [0.05, 0.1) is 10.6 Å². The van der Waals surface area contributed by atoms with Gasteiger partial charge in [-0.3, -0.25) is 10.1 Å². The lowest BCUT2D eigenvalue weighted by molar-refractivity contribution is -0.385. The van der Waals surface area contributed by atoms with Crippen LogP contribution >= 0.6 is 11.6 Å². The zero-order valence-corrected chi connectivity index (χ0v) is 10.1. The third-order valence-corrected chi connectivity index (χ3v) is 2.71. The van der Waals surface area contributed by atoms with E-state index in [4.69, 9.17) is 11.6 Å². The van der Waals surface area contributed by atoms with Crippen molar-refractivity contribution < 1.29 is 18.1 Å². The third-order valence-electron chi connectivity index (χ3n) is 2.37. The van der Waals surface area contributed by atoms with E-state index in [1.807, 2.05) is 0 Å². The van der Waals surface area contributed by atoms with E-state index >= 15 is 0 Å². The number of aryl methyl sites for hydroxylation is 1. The molecule has 1 aromatic carbocycles. The van der Waals surface area contributed by atoms with Gasteiger partial charge in [-0.25, -0.2) is 17.9 Å². The van der Waals surface area contributed by atoms with Gasteiger partial charge in [-0.2, -0.15) is 5.10 Å². The first-order valence-electron chi connectivity index (χ1n) is 4.87. The molecule has 0 saturated carbocycles. The molecule has 2 aromatic rings. The smallest absolute Gasteiger partial charge is 0.258 e. The molecule has 0 amide bonds. The number of aromatic nitrogens is 2. The zero-order chi connectivity index (χ0) is 14.3. The second-order valence-corrected chi connectivity index (χ2v) is 3.98. The minimum atomic E-state index is -1.64. The highest BCUT2D eigenvalue weighted by Gasteiger charge is 2.25. The lowest BCUT2D eigenvalue weighted by Crippen LogP contribution is -2.01. The van der Waals surface area contributed by atoms with Crippen molar-refractivity contribution in [3.05, 3.63) is 50.5 Å². The predicted molar refractivity (Wildman–Crippen MR) is 59.8 cm³/mol. The van der Waals surface area contributed by atoms with Gasteiger partial charge >= 0.3 is 5.69 Å². The highest BCUT2D eigenvalue weighted by molar-refractivity contribution is 6.32. The normalized spacial score (nSPS) is 10.8. The van der Waals surface area contributed by atoms with Crippen molar-refractivity contribution in [2.45, 2.75) is 6.92 Å². The maximum absolute atomic E-state index is 13.1. The minimum Gasteiger partial charge on any atom is -0.258 e. The fourth-order valence-electron chi connectivity index (χ4n) is 1.53. The van der Waals surface area contributed by atoms with E-state index in [9.17, 15) is 23.3 Å². The summed E-state index contributed by atoms with van der Waals surface area (Å²) in [5.41, 5.74) is -0.760. The fraction of sp³-hybridized carbons (Fsp3) is 0.100. The zero-order valence-electron chi connectivity index (χ0n) is 9.32. The Kier molecular flexibility index (Phi) is 3.19. The second kappa shape index (κ2) is 4.54. The Morgan fingerprint density at radius 1 is 1.32 bits per heavy atom. The molecule has 0 aliphatic heterocycles. The Balaban J connectivity index is 2.67. The monoisotopic (exact) mass is 291 g/mol. The summed E-state index contributed by atoms with van der Waals surface area (Å²) in [5.74, 6) is -4.53. The molecule has 0 N–H and O–H groups in total. The van der Waals surface area contributed by atoms with Crippen LogP contribution in [-0.4, -0.2) is 14.7 Å². The molecule has 0 unspecified atom stereocenters. The summed E-state index contributed by atoms with van der Waals surface area (Å²) >= 11 is 5.72. The SMILES string of the molecule is Cc1nn(-c2cc(F)c(F)c(F)c2)c(Cl)c1[N+](=O)[O-]. The van der Waals surface area contributed by atoms with Crippen molar-refractivity contribution in [3.63, 3.8) is 0 Å². The second-order valence-electron chi connectivity index (χ2n) is 3.62. The fourth-order valence-corrected chi connectivity index (χ4v) is 1.87. The summed E-state index contributed by atoms with van der Waals surface area (Å²) in [6.07, 6.45) is 0. The molecule has 5 nitrogen and oxygen atoms in total. The van der Waals surface area contributed by atoms with Crippen LogP contribution in [0.15, 0.2) is 12.1 Å². The predicted octanol–water partition coefficient (Wildman–Crippen LogP) is 3.16. The van der Waals surface area contributed by atoms with E-state index in [0.717, 1.165) is 4.68 Å². The Bertz CT molecular complexity index is 664. The number of rotatable bonds is 2. The maximum Gasteiger partial charge on any atom is 0.329 e. The molecule has 9 heteroatoms. The van der Waals surface area contributed by atoms with Gasteiger partial charge in [-0.1, -0.05) is 11.6 Å². The van der Waals surface area contributed by atoms with Crippen LogP contribution in [0.2, 0.25) is 5.15 Å². The molecular formula is C10H5ClF3N3O2. The summed E-state index contributed by atoms with van der Waals surface area (Å²) in [7, 11) is 0. The lowest BCUT2D eigenvalue weighted by atomic mass is 10.3. The summed E-state index contributed by atoms with van der Waals surface area (Å²) < 4.78 is 39.8. The highest BCUT2D eigenvalue weighted by atomic mass is 35.5. The van der Waals surface area contributed by atoms with Gasteiger partial charge in [0, 0.05) is 12.1 Å². The number of hydrogen-bond acceptors (Lipinski definition) is 3. The van der Waals surface area contributed by atoms with Crippen LogP contribution < -0.4 is 0 Å². The summed E-state index contributed by atoms with van der Waals surface area (Å²) in [4.78, 5) is 9.97. The van der Waals surface area contributed by atoms with E-state index in [0.29, 0.717) is 12.1 Å². The molecule has 0 fully saturated rings. The van der Waals surface area contributed by atoms with Gasteiger partial charge in [0.25, 0.3) is 0 Å². The van der Waals surface area contributed by atoms with E-state index < -0.39 is 33.2 Å². The van der Waals surface area contributed by atoms with Crippen LogP contribution in [0.3, 0.4) is 0 Å². The van der Waals surface area contributed by atoms with Gasteiger partial charge in [-0.05, 0) is 6.92 Å². The standard InChI is InChI=1S/C10H5ClF3N3O2/c1-4-9(17(18)19)10(11)16(15-4)5-2-6(12)8(14)7(13)3-5/h2-3H,1H3. The van der Waals surface area contributed by atoms with E-state index in [-0.39, 0.29) is 11.4 Å². The van der Waals surface area contributed by atoms with E-state index in [1.165, 1.54) is 6.92 Å². The van der Waals surface area contributed by atoms with Gasteiger partial charge < -0.3 is 0 Å². The third kappa shape index (κ3) is 2.14. The minimum absolute atomic E-state index is 0.0276. The number of benzene rings is 1. The molecule has 2 rings (SSSR count). The van der Waals surface area contributed by atoms with Crippen LogP contribution in [0, 0.1) is 34.5 Å². The molecule has 0 aliphatic rings. The molecular weight excluding hydrogens is 287 g/mol. The van der Waals surface area contributed by atoms with Crippen molar-refractivity contribution in [3.8, 4) is 5.69 Å². The van der Waals surface area contributed by atoms with Crippen molar-refractivity contribution in [2.24, 2.45) is 0 Å². The molecule has 0 bridgehead atoms. The largest absolute Gasteiger partial charge is 0.329 e.